The number of hydrogen-bond acceptors (Lipinski definition) is 4. The van der Waals surface area contributed by atoms with Crippen LogP contribution in [0, 0.1) is 22.7 Å². The lowest BCUT2D eigenvalue weighted by Crippen LogP contribution is -2.03. The topological polar surface area (TPSA) is 83.5 Å². The molecule has 0 saturated carbocycles. The van der Waals surface area contributed by atoms with Crippen LogP contribution in [-0.4, -0.2) is 14.1 Å². The summed E-state index contributed by atoms with van der Waals surface area (Å²) < 4.78 is 10.6. The molecule has 0 N–H and O–H groups in total. The average Bonchev–Trinajstić information content (AvgIpc) is 3.72. The number of aromatic nitrogens is 3. The lowest BCUT2D eigenvalue weighted by Gasteiger charge is -2.12. The summed E-state index contributed by atoms with van der Waals surface area (Å²) in [5.41, 5.74) is 5.82. The zero-order chi connectivity index (χ0) is 28.7. The Labute approximate surface area is 244 Å². The molecule has 0 saturated heterocycles. The van der Waals surface area contributed by atoms with Gasteiger partial charge in [0.05, 0.1) is 38.6 Å². The van der Waals surface area contributed by atoms with Crippen LogP contribution in [0.15, 0.2) is 120 Å². The van der Waals surface area contributed by atoms with Crippen molar-refractivity contribution >= 4 is 65.6 Å². The van der Waals surface area contributed by atoms with E-state index in [1.807, 2.05) is 48.5 Å². The lowest BCUT2D eigenvalue weighted by molar-refractivity contribution is 0.666. The molecule has 0 radical (unpaired) electrons. The number of nitriles is 2. The highest BCUT2D eigenvalue weighted by Crippen LogP contribution is 2.43. The highest BCUT2D eigenvalue weighted by atomic mass is 16.3. The molecule has 0 bridgehead atoms. The monoisotopic (exact) mass is 549 g/mol. The van der Waals surface area contributed by atoms with Crippen LogP contribution in [0.25, 0.3) is 77.2 Å². The minimum atomic E-state index is 0.428. The van der Waals surface area contributed by atoms with Crippen LogP contribution in [0.1, 0.15) is 11.1 Å². The van der Waals surface area contributed by atoms with Crippen molar-refractivity contribution in [3.8, 4) is 23.8 Å². The van der Waals surface area contributed by atoms with Crippen molar-refractivity contribution < 1.29 is 4.42 Å². The van der Waals surface area contributed by atoms with Crippen molar-refractivity contribution in [2.45, 2.75) is 0 Å². The van der Waals surface area contributed by atoms with E-state index in [0.29, 0.717) is 22.3 Å². The van der Waals surface area contributed by atoms with Gasteiger partial charge in [-0.1, -0.05) is 72.8 Å². The number of pyridine rings is 1. The van der Waals surface area contributed by atoms with Gasteiger partial charge in [0.25, 0.3) is 0 Å². The average molecular weight is 550 g/mol. The summed E-state index contributed by atoms with van der Waals surface area (Å²) in [5, 5.41) is 25.8. The molecule has 9 rings (SSSR count). The second-order valence-corrected chi connectivity index (χ2v) is 10.6. The predicted octanol–water partition coefficient (Wildman–Crippen LogP) is 8.92. The molecule has 0 aliphatic rings. The van der Waals surface area contributed by atoms with Gasteiger partial charge in [-0.3, -0.25) is 9.13 Å². The van der Waals surface area contributed by atoms with Crippen LogP contribution in [0.2, 0.25) is 0 Å². The molecule has 6 nitrogen and oxygen atoms in total. The van der Waals surface area contributed by atoms with E-state index < -0.39 is 0 Å². The SMILES string of the molecule is N#Cc1cccc2c1oc1c(C#N)cc3c4ccccc4n(-c4cccc(-n5c6ccccc6c6ccccc65)n4)c3c12. The third kappa shape index (κ3) is 3.07. The van der Waals surface area contributed by atoms with Crippen LogP contribution in [-0.2, 0) is 0 Å². The van der Waals surface area contributed by atoms with E-state index >= 15 is 0 Å². The van der Waals surface area contributed by atoms with Gasteiger partial charge in [0, 0.05) is 26.9 Å². The molecule has 0 amide bonds. The van der Waals surface area contributed by atoms with E-state index in [0.717, 1.165) is 55.2 Å². The van der Waals surface area contributed by atoms with Gasteiger partial charge in [0.1, 0.15) is 23.8 Å². The molecular formula is C37H19N5O. The Morgan fingerprint density at radius 1 is 0.512 bits per heavy atom. The second kappa shape index (κ2) is 8.57. The Bertz CT molecular complexity index is 2660. The molecular weight excluding hydrogens is 530 g/mol. The first-order valence-corrected chi connectivity index (χ1v) is 13.9. The molecule has 0 atom stereocenters. The number of nitrogens with zero attached hydrogens (tertiary/aromatic N) is 5. The minimum Gasteiger partial charge on any atom is -0.453 e. The fourth-order valence-electron chi connectivity index (χ4n) is 6.65. The first-order chi connectivity index (χ1) is 21.3. The predicted molar refractivity (Wildman–Crippen MR) is 170 cm³/mol. The van der Waals surface area contributed by atoms with E-state index in [4.69, 9.17) is 9.40 Å². The zero-order valence-corrected chi connectivity index (χ0v) is 22.6. The van der Waals surface area contributed by atoms with Gasteiger partial charge >= 0.3 is 0 Å². The van der Waals surface area contributed by atoms with Gasteiger partial charge in [-0.05, 0) is 42.5 Å². The number of fused-ring (bicyclic) bond motifs is 10. The minimum absolute atomic E-state index is 0.428. The summed E-state index contributed by atoms with van der Waals surface area (Å²) in [6.07, 6.45) is 0. The van der Waals surface area contributed by atoms with E-state index in [2.05, 4.69) is 81.9 Å². The van der Waals surface area contributed by atoms with Crippen LogP contribution in [0.4, 0.5) is 0 Å². The van der Waals surface area contributed by atoms with E-state index in [1.165, 1.54) is 10.8 Å². The highest BCUT2D eigenvalue weighted by molar-refractivity contribution is 6.26. The number of furan rings is 1. The first kappa shape index (κ1) is 23.3. The number of hydrogen-bond donors (Lipinski definition) is 0. The summed E-state index contributed by atoms with van der Waals surface area (Å²) in [6, 6.07) is 43.0. The number of para-hydroxylation sites is 4. The third-order valence-electron chi connectivity index (χ3n) is 8.40. The van der Waals surface area contributed by atoms with Crippen LogP contribution < -0.4 is 0 Å². The fraction of sp³-hybridized carbons (Fsp3) is 0. The Hall–Kier alpha value is -6.37. The van der Waals surface area contributed by atoms with Gasteiger partial charge in [-0.2, -0.15) is 10.5 Å². The van der Waals surface area contributed by atoms with Crippen molar-refractivity contribution in [3.05, 3.63) is 126 Å². The van der Waals surface area contributed by atoms with Gasteiger partial charge in [-0.15, -0.1) is 0 Å². The van der Waals surface area contributed by atoms with Gasteiger partial charge in [0.2, 0.25) is 0 Å². The summed E-state index contributed by atoms with van der Waals surface area (Å²) in [4.78, 5) is 5.28. The van der Waals surface area contributed by atoms with Gasteiger partial charge in [0.15, 0.2) is 11.2 Å². The Balaban J connectivity index is 1.44. The molecule has 0 aliphatic carbocycles. The lowest BCUT2D eigenvalue weighted by atomic mass is 10.0. The maximum Gasteiger partial charge on any atom is 0.155 e. The molecule has 5 aromatic carbocycles. The standard InChI is InChI=1S/C37H19N5O/c38-20-22-9-7-13-27-34-35-28(19-23(21-39)37(34)43-36(22)27)26-12-3-6-16-31(26)42(35)33-18-8-17-32(40-33)41-29-14-4-1-10-24(29)25-11-2-5-15-30(25)41/h1-19H. The molecule has 4 aromatic heterocycles. The van der Waals surface area contributed by atoms with Crippen LogP contribution in [0.5, 0.6) is 0 Å². The van der Waals surface area contributed by atoms with E-state index in [1.54, 1.807) is 6.07 Å². The maximum absolute atomic E-state index is 10.2. The molecule has 0 unspecified atom stereocenters. The van der Waals surface area contributed by atoms with Gasteiger partial charge < -0.3 is 4.42 Å². The number of rotatable bonds is 2. The largest absolute Gasteiger partial charge is 0.453 e. The first-order valence-electron chi connectivity index (χ1n) is 13.9. The number of benzene rings is 5. The highest BCUT2D eigenvalue weighted by Gasteiger charge is 2.23. The normalized spacial score (nSPS) is 11.7. The molecule has 43 heavy (non-hydrogen) atoms. The van der Waals surface area contributed by atoms with Gasteiger partial charge in [-0.25, -0.2) is 4.98 Å². The summed E-state index contributed by atoms with van der Waals surface area (Å²) in [7, 11) is 0. The molecule has 198 valence electrons. The summed E-state index contributed by atoms with van der Waals surface area (Å²) >= 11 is 0. The molecule has 4 heterocycles. The van der Waals surface area contributed by atoms with Crippen molar-refractivity contribution in [2.75, 3.05) is 0 Å². The van der Waals surface area contributed by atoms with Crippen LogP contribution >= 0.6 is 0 Å². The quantitative estimate of drug-likeness (QED) is 0.215. The third-order valence-corrected chi connectivity index (χ3v) is 8.40. The molecule has 0 aliphatic heterocycles. The summed E-state index contributed by atoms with van der Waals surface area (Å²) in [5.74, 6) is 1.54. The molecule has 9 aromatic rings. The Morgan fingerprint density at radius 2 is 1.05 bits per heavy atom. The van der Waals surface area contributed by atoms with Crippen molar-refractivity contribution in [1.82, 2.24) is 14.1 Å². The van der Waals surface area contributed by atoms with E-state index in [9.17, 15) is 10.5 Å². The second-order valence-electron chi connectivity index (χ2n) is 10.6. The van der Waals surface area contributed by atoms with Crippen LogP contribution in [0.3, 0.4) is 0 Å². The molecule has 0 fully saturated rings. The van der Waals surface area contributed by atoms with E-state index in [-0.39, 0.29) is 0 Å². The zero-order valence-electron chi connectivity index (χ0n) is 22.6. The van der Waals surface area contributed by atoms with Crippen molar-refractivity contribution in [1.29, 1.82) is 10.5 Å². The smallest absolute Gasteiger partial charge is 0.155 e. The van der Waals surface area contributed by atoms with Crippen molar-refractivity contribution in [3.63, 3.8) is 0 Å². The molecule has 6 heteroatoms. The molecule has 0 spiro atoms. The van der Waals surface area contributed by atoms with Crippen molar-refractivity contribution in [2.24, 2.45) is 0 Å². The fourth-order valence-corrected chi connectivity index (χ4v) is 6.65. The maximum atomic E-state index is 10.2. The Morgan fingerprint density at radius 3 is 1.70 bits per heavy atom. The Kier molecular flexibility index (Phi) is 4.65. The summed E-state index contributed by atoms with van der Waals surface area (Å²) in [6.45, 7) is 0.